The predicted octanol–water partition coefficient (Wildman–Crippen LogP) is 4.90. The first kappa shape index (κ1) is 13.2. The van der Waals surface area contributed by atoms with Gasteiger partial charge in [0, 0.05) is 4.47 Å². The van der Waals surface area contributed by atoms with Crippen LogP contribution in [0.3, 0.4) is 0 Å². The summed E-state index contributed by atoms with van der Waals surface area (Å²) in [6.45, 7) is 4.84. The van der Waals surface area contributed by atoms with Gasteiger partial charge in [0.05, 0.1) is 0 Å². The quantitative estimate of drug-likeness (QED) is 0.780. The van der Waals surface area contributed by atoms with Crippen LogP contribution in [0.15, 0.2) is 46.9 Å². The molecule has 2 aromatic carbocycles. The third-order valence-electron chi connectivity index (χ3n) is 2.96. The average Bonchev–Trinajstić information content (AvgIpc) is 2.38. The molecule has 1 nitrogen and oxygen atoms in total. The highest BCUT2D eigenvalue weighted by atomic mass is 79.9. The van der Waals surface area contributed by atoms with E-state index >= 15 is 0 Å². The lowest BCUT2D eigenvalue weighted by molar-refractivity contribution is 0.304. The minimum atomic E-state index is 0.618. The Bertz CT molecular complexity index is 517. The molecule has 0 bridgehead atoms. The van der Waals surface area contributed by atoms with E-state index in [0.29, 0.717) is 6.61 Å². The van der Waals surface area contributed by atoms with Crippen LogP contribution in [0.4, 0.5) is 0 Å². The van der Waals surface area contributed by atoms with Gasteiger partial charge in [0.1, 0.15) is 12.4 Å². The van der Waals surface area contributed by atoms with Crippen molar-refractivity contribution < 1.29 is 4.74 Å². The summed E-state index contributed by atoms with van der Waals surface area (Å²) in [7, 11) is 0. The summed E-state index contributed by atoms with van der Waals surface area (Å²) >= 11 is 3.45. The molecule has 94 valence electrons. The Morgan fingerprint density at radius 2 is 1.67 bits per heavy atom. The highest BCUT2D eigenvalue weighted by Crippen LogP contribution is 2.23. The van der Waals surface area contributed by atoms with Crippen molar-refractivity contribution in [1.29, 1.82) is 0 Å². The van der Waals surface area contributed by atoms with Gasteiger partial charge in [-0.2, -0.15) is 0 Å². The number of ether oxygens (including phenoxy) is 1. The molecule has 0 saturated heterocycles. The number of hydrogen-bond acceptors (Lipinski definition) is 1. The van der Waals surface area contributed by atoms with Crippen molar-refractivity contribution in [3.8, 4) is 5.75 Å². The molecule has 0 aliphatic carbocycles. The zero-order valence-electron chi connectivity index (χ0n) is 10.7. The number of rotatable bonds is 4. The first-order chi connectivity index (χ1) is 8.69. The van der Waals surface area contributed by atoms with Gasteiger partial charge in [0.15, 0.2) is 0 Å². The molecule has 0 saturated carbocycles. The van der Waals surface area contributed by atoms with Crippen molar-refractivity contribution >= 4 is 15.9 Å². The van der Waals surface area contributed by atoms with Crippen LogP contribution < -0.4 is 4.74 Å². The molecule has 0 heterocycles. The molecule has 0 aromatic heterocycles. The van der Waals surface area contributed by atoms with E-state index in [1.165, 1.54) is 11.1 Å². The largest absolute Gasteiger partial charge is 0.489 e. The number of hydrogen-bond donors (Lipinski definition) is 0. The van der Waals surface area contributed by atoms with Crippen molar-refractivity contribution in [2.45, 2.75) is 26.9 Å². The molecule has 2 aromatic rings. The normalized spacial score (nSPS) is 10.4. The van der Waals surface area contributed by atoms with E-state index in [0.717, 1.165) is 22.2 Å². The fourth-order valence-electron chi connectivity index (χ4n) is 1.81. The van der Waals surface area contributed by atoms with Crippen LogP contribution in [-0.2, 0) is 13.0 Å². The summed E-state index contributed by atoms with van der Waals surface area (Å²) in [4.78, 5) is 0. The SMILES string of the molecule is CCc1ccc(COc2ccc(Br)cc2C)cc1. The Hall–Kier alpha value is -1.28. The van der Waals surface area contributed by atoms with Gasteiger partial charge in [-0.3, -0.25) is 0 Å². The molecule has 2 heteroatoms. The van der Waals surface area contributed by atoms with E-state index in [2.05, 4.69) is 60.1 Å². The van der Waals surface area contributed by atoms with Crippen LogP contribution in [0.2, 0.25) is 0 Å². The van der Waals surface area contributed by atoms with Crippen molar-refractivity contribution in [3.63, 3.8) is 0 Å². The molecule has 0 aliphatic heterocycles. The molecule has 0 atom stereocenters. The van der Waals surface area contributed by atoms with E-state index in [-0.39, 0.29) is 0 Å². The maximum absolute atomic E-state index is 5.83. The lowest BCUT2D eigenvalue weighted by atomic mass is 10.1. The predicted molar refractivity (Wildman–Crippen MR) is 79.0 cm³/mol. The molecule has 0 aliphatic rings. The monoisotopic (exact) mass is 304 g/mol. The van der Waals surface area contributed by atoms with Gasteiger partial charge >= 0.3 is 0 Å². The number of aryl methyl sites for hydroxylation is 2. The highest BCUT2D eigenvalue weighted by Gasteiger charge is 2.01. The van der Waals surface area contributed by atoms with E-state index in [4.69, 9.17) is 4.74 Å². The van der Waals surface area contributed by atoms with E-state index in [1.54, 1.807) is 0 Å². The summed E-state index contributed by atoms with van der Waals surface area (Å²) < 4.78 is 6.91. The number of halogens is 1. The molecule has 18 heavy (non-hydrogen) atoms. The summed E-state index contributed by atoms with van der Waals surface area (Å²) in [5.41, 5.74) is 3.71. The summed E-state index contributed by atoms with van der Waals surface area (Å²) in [5.74, 6) is 0.942. The Balaban J connectivity index is 2.02. The minimum absolute atomic E-state index is 0.618. The standard InChI is InChI=1S/C16H17BrO/c1-3-13-4-6-14(7-5-13)11-18-16-9-8-15(17)10-12(16)2/h4-10H,3,11H2,1-2H3. The summed E-state index contributed by atoms with van der Waals surface area (Å²) in [5, 5.41) is 0. The van der Waals surface area contributed by atoms with Crippen LogP contribution in [0.25, 0.3) is 0 Å². The molecule has 0 unspecified atom stereocenters. The molecular weight excluding hydrogens is 288 g/mol. The molecule has 0 fully saturated rings. The van der Waals surface area contributed by atoms with Gasteiger partial charge in [0.25, 0.3) is 0 Å². The molecule has 0 spiro atoms. The topological polar surface area (TPSA) is 9.23 Å². The second-order valence-electron chi connectivity index (χ2n) is 4.37. The van der Waals surface area contributed by atoms with Gasteiger partial charge < -0.3 is 4.74 Å². The van der Waals surface area contributed by atoms with Gasteiger partial charge in [-0.15, -0.1) is 0 Å². The Morgan fingerprint density at radius 3 is 2.28 bits per heavy atom. The first-order valence-corrected chi connectivity index (χ1v) is 6.95. The van der Waals surface area contributed by atoms with Gasteiger partial charge in [-0.05, 0) is 48.2 Å². The Labute approximate surface area is 117 Å². The fraction of sp³-hybridized carbons (Fsp3) is 0.250. The minimum Gasteiger partial charge on any atom is -0.489 e. The summed E-state index contributed by atoms with van der Waals surface area (Å²) in [6, 6.07) is 14.7. The summed E-state index contributed by atoms with van der Waals surface area (Å²) in [6.07, 6.45) is 1.08. The van der Waals surface area contributed by atoms with E-state index in [1.807, 2.05) is 12.1 Å². The second kappa shape index (κ2) is 6.05. The van der Waals surface area contributed by atoms with Crippen LogP contribution in [0, 0.1) is 6.92 Å². The van der Waals surface area contributed by atoms with Crippen LogP contribution >= 0.6 is 15.9 Å². The van der Waals surface area contributed by atoms with Crippen molar-refractivity contribution in [2.24, 2.45) is 0 Å². The van der Waals surface area contributed by atoms with Crippen LogP contribution in [0.5, 0.6) is 5.75 Å². The third kappa shape index (κ3) is 3.36. The van der Waals surface area contributed by atoms with Gasteiger partial charge in [-0.1, -0.05) is 47.1 Å². The molecule has 0 N–H and O–H groups in total. The lowest BCUT2D eigenvalue weighted by Crippen LogP contribution is -1.97. The number of benzene rings is 2. The Kier molecular flexibility index (Phi) is 4.43. The maximum atomic E-state index is 5.83. The smallest absolute Gasteiger partial charge is 0.122 e. The molecule has 0 radical (unpaired) electrons. The second-order valence-corrected chi connectivity index (χ2v) is 5.28. The molecule has 2 rings (SSSR count). The average molecular weight is 305 g/mol. The van der Waals surface area contributed by atoms with Gasteiger partial charge in [0.2, 0.25) is 0 Å². The third-order valence-corrected chi connectivity index (χ3v) is 3.46. The Morgan fingerprint density at radius 1 is 1.00 bits per heavy atom. The fourth-order valence-corrected chi connectivity index (χ4v) is 2.28. The van der Waals surface area contributed by atoms with Crippen molar-refractivity contribution in [2.75, 3.05) is 0 Å². The zero-order chi connectivity index (χ0) is 13.0. The highest BCUT2D eigenvalue weighted by molar-refractivity contribution is 9.10. The molecular formula is C16H17BrO. The van der Waals surface area contributed by atoms with Crippen molar-refractivity contribution in [1.82, 2.24) is 0 Å². The maximum Gasteiger partial charge on any atom is 0.122 e. The lowest BCUT2D eigenvalue weighted by Gasteiger charge is -2.09. The van der Waals surface area contributed by atoms with Crippen molar-refractivity contribution in [3.05, 3.63) is 63.6 Å². The first-order valence-electron chi connectivity index (χ1n) is 6.16. The van der Waals surface area contributed by atoms with Crippen LogP contribution in [-0.4, -0.2) is 0 Å². The van der Waals surface area contributed by atoms with Crippen LogP contribution in [0.1, 0.15) is 23.6 Å². The van der Waals surface area contributed by atoms with E-state index in [9.17, 15) is 0 Å². The zero-order valence-corrected chi connectivity index (χ0v) is 12.3. The van der Waals surface area contributed by atoms with E-state index < -0.39 is 0 Å². The van der Waals surface area contributed by atoms with Gasteiger partial charge in [-0.25, -0.2) is 0 Å². The molecule has 0 amide bonds.